The predicted molar refractivity (Wildman–Crippen MR) is 75.5 cm³/mol. The number of carbonyl (C=O) groups excluding carboxylic acids is 1. The molecule has 1 aliphatic heterocycles. The summed E-state index contributed by atoms with van der Waals surface area (Å²) >= 11 is 0. The number of hydrogen-bond acceptors (Lipinski definition) is 4. The van der Waals surface area contributed by atoms with Crippen LogP contribution in [0.1, 0.15) is 28.8 Å². The van der Waals surface area contributed by atoms with Gasteiger partial charge in [-0.1, -0.05) is 12.1 Å². The third-order valence-electron chi connectivity index (χ3n) is 3.68. The van der Waals surface area contributed by atoms with Gasteiger partial charge in [-0.25, -0.2) is 5.84 Å². The molecule has 5 heteroatoms. The molecule has 0 saturated carbocycles. The van der Waals surface area contributed by atoms with E-state index in [0.717, 1.165) is 25.2 Å². The number of nitrogens with zero attached hydrogens (tertiary/aromatic N) is 1. The average molecular weight is 262 g/mol. The van der Waals surface area contributed by atoms with Crippen LogP contribution in [0.2, 0.25) is 0 Å². The van der Waals surface area contributed by atoms with Crippen molar-refractivity contribution in [3.8, 4) is 0 Å². The predicted octanol–water partition coefficient (Wildman–Crippen LogP) is 0.474. The van der Waals surface area contributed by atoms with E-state index in [1.165, 1.54) is 12.8 Å². The molecule has 4 N–H and O–H groups in total. The second-order valence-electron chi connectivity index (χ2n) is 5.07. The van der Waals surface area contributed by atoms with Gasteiger partial charge in [0.2, 0.25) is 0 Å². The Morgan fingerprint density at radius 3 is 2.89 bits per heavy atom. The Kier molecular flexibility index (Phi) is 4.90. The Balaban J connectivity index is 1.99. The van der Waals surface area contributed by atoms with Gasteiger partial charge in [-0.3, -0.25) is 15.1 Å². The molecule has 1 saturated heterocycles. The average Bonchev–Trinajstić information content (AvgIpc) is 2.47. The molecule has 5 nitrogen and oxygen atoms in total. The van der Waals surface area contributed by atoms with Crippen LogP contribution in [0.3, 0.4) is 0 Å². The molecule has 2 rings (SSSR count). The summed E-state index contributed by atoms with van der Waals surface area (Å²) in [4.78, 5) is 13.9. The van der Waals surface area contributed by atoms with Crippen LogP contribution in [0.25, 0.3) is 0 Å². The van der Waals surface area contributed by atoms with E-state index in [1.54, 1.807) is 6.07 Å². The second-order valence-corrected chi connectivity index (χ2v) is 5.07. The van der Waals surface area contributed by atoms with Crippen molar-refractivity contribution in [2.45, 2.75) is 25.4 Å². The molecule has 19 heavy (non-hydrogen) atoms. The lowest BCUT2D eigenvalue weighted by Crippen LogP contribution is -2.40. The summed E-state index contributed by atoms with van der Waals surface area (Å²) in [5, 5.41) is 3.37. The van der Waals surface area contributed by atoms with Gasteiger partial charge >= 0.3 is 0 Å². The van der Waals surface area contributed by atoms with E-state index in [0.29, 0.717) is 11.6 Å². The summed E-state index contributed by atoms with van der Waals surface area (Å²) < 4.78 is 0. The second kappa shape index (κ2) is 6.65. The van der Waals surface area contributed by atoms with Crippen LogP contribution in [0.15, 0.2) is 24.3 Å². The number of nitrogen functional groups attached to an aromatic ring is 1. The van der Waals surface area contributed by atoms with E-state index >= 15 is 0 Å². The van der Waals surface area contributed by atoms with Gasteiger partial charge in [-0.2, -0.15) is 0 Å². The van der Waals surface area contributed by atoms with Crippen LogP contribution in [0, 0.1) is 0 Å². The summed E-state index contributed by atoms with van der Waals surface area (Å²) in [5.74, 6) is 4.91. The quantitative estimate of drug-likeness (QED) is 0.419. The van der Waals surface area contributed by atoms with Crippen molar-refractivity contribution in [1.82, 2.24) is 15.6 Å². The van der Waals surface area contributed by atoms with E-state index in [-0.39, 0.29) is 5.91 Å². The van der Waals surface area contributed by atoms with Crippen LogP contribution in [0.5, 0.6) is 0 Å². The SMILES string of the molecule is CN(Cc1cccc(C(=O)NN)c1)C1CCNCC1. The zero-order valence-corrected chi connectivity index (χ0v) is 11.4. The lowest BCUT2D eigenvalue weighted by atomic mass is 10.0. The van der Waals surface area contributed by atoms with E-state index in [1.807, 2.05) is 18.2 Å². The summed E-state index contributed by atoms with van der Waals surface area (Å²) in [6, 6.07) is 8.24. The Morgan fingerprint density at radius 1 is 1.47 bits per heavy atom. The number of carbonyl (C=O) groups is 1. The number of hydrazine groups is 1. The molecule has 1 amide bonds. The van der Waals surface area contributed by atoms with Gasteiger partial charge in [0.05, 0.1) is 0 Å². The van der Waals surface area contributed by atoms with E-state index in [9.17, 15) is 4.79 Å². The highest BCUT2D eigenvalue weighted by Crippen LogP contribution is 2.14. The standard InChI is InChI=1S/C14H22N4O/c1-18(13-5-7-16-8-6-13)10-11-3-2-4-12(9-11)14(19)17-15/h2-4,9,13,16H,5-8,10,15H2,1H3,(H,17,19). The van der Waals surface area contributed by atoms with Crippen LogP contribution in [-0.4, -0.2) is 37.0 Å². The van der Waals surface area contributed by atoms with Gasteiger partial charge in [0, 0.05) is 18.2 Å². The molecule has 1 aromatic rings. The molecule has 0 spiro atoms. The van der Waals surface area contributed by atoms with Crippen molar-refractivity contribution in [3.63, 3.8) is 0 Å². The molecule has 1 heterocycles. The van der Waals surface area contributed by atoms with E-state index < -0.39 is 0 Å². The maximum atomic E-state index is 11.5. The molecule has 104 valence electrons. The van der Waals surface area contributed by atoms with Crippen molar-refractivity contribution in [2.24, 2.45) is 5.84 Å². The molecule has 0 bridgehead atoms. The minimum Gasteiger partial charge on any atom is -0.317 e. The Hall–Kier alpha value is -1.43. The highest BCUT2D eigenvalue weighted by Gasteiger charge is 2.17. The van der Waals surface area contributed by atoms with Gasteiger partial charge in [0.15, 0.2) is 0 Å². The molecular weight excluding hydrogens is 240 g/mol. The molecule has 0 aliphatic carbocycles. The molecular formula is C14H22N4O. The van der Waals surface area contributed by atoms with Gasteiger partial charge in [0.1, 0.15) is 0 Å². The molecule has 1 aliphatic rings. The fourth-order valence-corrected chi connectivity index (χ4v) is 2.56. The lowest BCUT2D eigenvalue weighted by Gasteiger charge is -2.31. The normalized spacial score (nSPS) is 16.6. The molecule has 0 aromatic heterocycles. The van der Waals surface area contributed by atoms with Crippen molar-refractivity contribution < 1.29 is 4.79 Å². The minimum absolute atomic E-state index is 0.244. The number of piperidine rings is 1. The highest BCUT2D eigenvalue weighted by molar-refractivity contribution is 5.93. The first-order valence-electron chi connectivity index (χ1n) is 6.71. The number of hydrogen-bond donors (Lipinski definition) is 3. The lowest BCUT2D eigenvalue weighted by molar-refractivity contribution is 0.0953. The first-order valence-corrected chi connectivity index (χ1v) is 6.71. The summed E-state index contributed by atoms with van der Waals surface area (Å²) in [6.45, 7) is 3.03. The monoisotopic (exact) mass is 262 g/mol. The molecule has 1 aromatic carbocycles. The Morgan fingerprint density at radius 2 is 2.21 bits per heavy atom. The molecule has 1 fully saturated rings. The number of rotatable bonds is 4. The zero-order valence-electron chi connectivity index (χ0n) is 11.4. The van der Waals surface area contributed by atoms with Gasteiger partial charge in [-0.05, 0) is 50.7 Å². The van der Waals surface area contributed by atoms with Gasteiger partial charge in [-0.15, -0.1) is 0 Å². The summed E-state index contributed by atoms with van der Waals surface area (Å²) in [7, 11) is 2.14. The van der Waals surface area contributed by atoms with Crippen LogP contribution < -0.4 is 16.6 Å². The maximum Gasteiger partial charge on any atom is 0.265 e. The summed E-state index contributed by atoms with van der Waals surface area (Å²) in [5.41, 5.74) is 3.92. The first-order chi connectivity index (χ1) is 9.20. The summed E-state index contributed by atoms with van der Waals surface area (Å²) in [6.07, 6.45) is 2.36. The molecule has 0 atom stereocenters. The van der Waals surface area contributed by atoms with E-state index in [2.05, 4.69) is 22.7 Å². The van der Waals surface area contributed by atoms with Crippen LogP contribution in [-0.2, 0) is 6.54 Å². The van der Waals surface area contributed by atoms with Crippen molar-refractivity contribution in [2.75, 3.05) is 20.1 Å². The number of nitrogens with two attached hydrogens (primary N) is 1. The van der Waals surface area contributed by atoms with E-state index in [4.69, 9.17) is 5.84 Å². The Labute approximate surface area is 114 Å². The highest BCUT2D eigenvalue weighted by atomic mass is 16.2. The van der Waals surface area contributed by atoms with Crippen LogP contribution in [0.4, 0.5) is 0 Å². The number of amides is 1. The minimum atomic E-state index is -0.244. The Bertz CT molecular complexity index is 429. The zero-order chi connectivity index (χ0) is 13.7. The molecule has 0 radical (unpaired) electrons. The van der Waals surface area contributed by atoms with Gasteiger partial charge in [0.25, 0.3) is 5.91 Å². The largest absolute Gasteiger partial charge is 0.317 e. The smallest absolute Gasteiger partial charge is 0.265 e. The van der Waals surface area contributed by atoms with Gasteiger partial charge < -0.3 is 5.32 Å². The third kappa shape index (κ3) is 3.76. The molecule has 0 unspecified atom stereocenters. The first kappa shape index (κ1) is 14.0. The topological polar surface area (TPSA) is 70.4 Å². The van der Waals surface area contributed by atoms with Crippen molar-refractivity contribution in [1.29, 1.82) is 0 Å². The maximum absolute atomic E-state index is 11.5. The third-order valence-corrected chi connectivity index (χ3v) is 3.68. The van der Waals surface area contributed by atoms with Crippen molar-refractivity contribution >= 4 is 5.91 Å². The van der Waals surface area contributed by atoms with Crippen LogP contribution >= 0.6 is 0 Å². The number of benzene rings is 1. The fraction of sp³-hybridized carbons (Fsp3) is 0.500. The van der Waals surface area contributed by atoms with Crippen molar-refractivity contribution in [3.05, 3.63) is 35.4 Å². The fourth-order valence-electron chi connectivity index (χ4n) is 2.56. The number of nitrogens with one attached hydrogen (secondary N) is 2.